The number of nitrogens with zero attached hydrogens (tertiary/aromatic N) is 6. The average molecular weight is 486 g/mol. The number of nitrogens with one attached hydrogen (secondary N) is 1. The van der Waals surface area contributed by atoms with Gasteiger partial charge in [-0.3, -0.25) is 15.0 Å². The van der Waals surface area contributed by atoms with Crippen molar-refractivity contribution in [3.8, 4) is 22.5 Å². The number of anilines is 1. The molecule has 4 aromatic rings. The van der Waals surface area contributed by atoms with E-state index < -0.39 is 0 Å². The van der Waals surface area contributed by atoms with Crippen molar-refractivity contribution in [2.24, 2.45) is 0 Å². The van der Waals surface area contributed by atoms with E-state index in [0.717, 1.165) is 35.1 Å². The van der Waals surface area contributed by atoms with Gasteiger partial charge in [-0.2, -0.15) is 5.10 Å². The standard InChI is InChI=1S/C28H32FN7/c1-19-25(29)4-6-27(32-19)28-24(18-31-33-28)20-3-5-26-21(15-20)16-23(17-30-26)35-9-7-22(8-10-35)36-13-11-34(2)12-14-36/h3-6,15-18,22H,7-14H2,1-2H3,(H,31,33). The molecule has 3 aromatic heterocycles. The maximum absolute atomic E-state index is 13.8. The van der Waals surface area contributed by atoms with Crippen molar-refractivity contribution in [3.05, 3.63) is 60.3 Å². The minimum atomic E-state index is -0.312. The lowest BCUT2D eigenvalue weighted by molar-refractivity contribution is 0.0982. The Morgan fingerprint density at radius 3 is 2.56 bits per heavy atom. The molecule has 0 aliphatic carbocycles. The smallest absolute Gasteiger partial charge is 0.144 e. The molecule has 2 fully saturated rings. The summed E-state index contributed by atoms with van der Waals surface area (Å²) in [5, 5.41) is 8.47. The fraction of sp³-hybridized carbons (Fsp3) is 0.393. The number of H-pyrrole nitrogens is 1. The lowest BCUT2D eigenvalue weighted by atomic mass is 10.0. The fourth-order valence-electron chi connectivity index (χ4n) is 5.52. The van der Waals surface area contributed by atoms with E-state index in [2.05, 4.69) is 55.1 Å². The predicted molar refractivity (Wildman–Crippen MR) is 142 cm³/mol. The van der Waals surface area contributed by atoms with Crippen LogP contribution < -0.4 is 4.90 Å². The van der Waals surface area contributed by atoms with Gasteiger partial charge in [0.1, 0.15) is 11.5 Å². The number of halogens is 1. The molecule has 6 rings (SSSR count). The highest BCUT2D eigenvalue weighted by Gasteiger charge is 2.27. The molecule has 36 heavy (non-hydrogen) atoms. The van der Waals surface area contributed by atoms with Crippen LogP contribution in [0.4, 0.5) is 10.1 Å². The lowest BCUT2D eigenvalue weighted by Crippen LogP contribution is -2.52. The van der Waals surface area contributed by atoms with Crippen LogP contribution in [0.25, 0.3) is 33.4 Å². The fourth-order valence-corrected chi connectivity index (χ4v) is 5.52. The summed E-state index contributed by atoms with van der Waals surface area (Å²) in [6.07, 6.45) is 6.28. The number of aromatic amines is 1. The van der Waals surface area contributed by atoms with Crippen molar-refractivity contribution in [3.63, 3.8) is 0 Å². The van der Waals surface area contributed by atoms with Crippen LogP contribution in [-0.2, 0) is 0 Å². The van der Waals surface area contributed by atoms with Gasteiger partial charge < -0.3 is 9.80 Å². The Kier molecular flexibility index (Phi) is 6.15. The number of aromatic nitrogens is 4. The molecule has 0 saturated carbocycles. The SMILES string of the molecule is Cc1nc(-c2n[nH]cc2-c2ccc3ncc(N4CCC(N5CCN(C)CC5)CC4)cc3c2)ccc1F. The third kappa shape index (κ3) is 4.47. The van der Waals surface area contributed by atoms with Gasteiger partial charge in [-0.05, 0) is 62.7 Å². The number of benzene rings is 1. The van der Waals surface area contributed by atoms with E-state index in [1.807, 2.05) is 18.5 Å². The maximum Gasteiger partial charge on any atom is 0.144 e. The van der Waals surface area contributed by atoms with E-state index in [9.17, 15) is 4.39 Å². The number of piperazine rings is 1. The van der Waals surface area contributed by atoms with Crippen molar-refractivity contribution < 1.29 is 4.39 Å². The molecule has 1 aromatic carbocycles. The predicted octanol–water partition coefficient (Wildman–Crippen LogP) is 4.35. The summed E-state index contributed by atoms with van der Waals surface area (Å²) >= 11 is 0. The highest BCUT2D eigenvalue weighted by molar-refractivity contribution is 5.89. The van der Waals surface area contributed by atoms with Gasteiger partial charge in [-0.25, -0.2) is 9.37 Å². The zero-order chi connectivity index (χ0) is 24.6. The van der Waals surface area contributed by atoms with Crippen LogP contribution >= 0.6 is 0 Å². The third-order valence-electron chi connectivity index (χ3n) is 7.77. The maximum atomic E-state index is 13.8. The average Bonchev–Trinajstić information content (AvgIpc) is 3.40. The first-order valence-corrected chi connectivity index (χ1v) is 12.8. The van der Waals surface area contributed by atoms with Gasteiger partial charge >= 0.3 is 0 Å². The summed E-state index contributed by atoms with van der Waals surface area (Å²) in [5.74, 6) is -0.312. The van der Waals surface area contributed by atoms with Crippen LogP contribution in [-0.4, -0.2) is 82.3 Å². The van der Waals surface area contributed by atoms with E-state index >= 15 is 0 Å². The number of fused-ring (bicyclic) bond motifs is 1. The molecule has 186 valence electrons. The summed E-state index contributed by atoms with van der Waals surface area (Å²) in [5.41, 5.74) is 5.85. The van der Waals surface area contributed by atoms with Crippen LogP contribution in [0.5, 0.6) is 0 Å². The van der Waals surface area contributed by atoms with Crippen LogP contribution in [0.15, 0.2) is 48.8 Å². The molecule has 0 unspecified atom stereocenters. The second-order valence-corrected chi connectivity index (χ2v) is 10.1. The highest BCUT2D eigenvalue weighted by Crippen LogP contribution is 2.32. The van der Waals surface area contributed by atoms with Gasteiger partial charge in [0.05, 0.1) is 28.8 Å². The molecule has 7 nitrogen and oxygen atoms in total. The molecule has 1 N–H and O–H groups in total. The number of piperidine rings is 1. The molecule has 0 amide bonds. The summed E-state index contributed by atoms with van der Waals surface area (Å²) in [6.45, 7) is 8.51. The Morgan fingerprint density at radius 2 is 1.78 bits per heavy atom. The van der Waals surface area contributed by atoms with Crippen LogP contribution in [0.1, 0.15) is 18.5 Å². The van der Waals surface area contributed by atoms with Gasteiger partial charge in [-0.1, -0.05) is 6.07 Å². The minimum Gasteiger partial charge on any atom is -0.370 e. The van der Waals surface area contributed by atoms with Crippen molar-refractivity contribution in [2.75, 3.05) is 51.2 Å². The Labute approximate surface area is 211 Å². The Balaban J connectivity index is 1.22. The molecule has 0 atom stereocenters. The topological polar surface area (TPSA) is 64.2 Å². The van der Waals surface area contributed by atoms with E-state index in [1.165, 1.54) is 50.8 Å². The normalized spacial score (nSPS) is 18.2. The van der Waals surface area contributed by atoms with Crippen LogP contribution in [0.3, 0.4) is 0 Å². The summed E-state index contributed by atoms with van der Waals surface area (Å²) < 4.78 is 13.8. The van der Waals surface area contributed by atoms with Gasteiger partial charge in [0.2, 0.25) is 0 Å². The quantitative estimate of drug-likeness (QED) is 0.464. The summed E-state index contributed by atoms with van der Waals surface area (Å²) in [4.78, 5) is 16.7. The molecule has 8 heteroatoms. The van der Waals surface area contributed by atoms with E-state index in [1.54, 1.807) is 13.0 Å². The molecular weight excluding hydrogens is 453 g/mol. The van der Waals surface area contributed by atoms with Gasteiger partial charge in [0.25, 0.3) is 0 Å². The summed E-state index contributed by atoms with van der Waals surface area (Å²) in [7, 11) is 2.21. The van der Waals surface area contributed by atoms with Crippen molar-refractivity contribution in [1.82, 2.24) is 30.0 Å². The number of rotatable bonds is 4. The minimum absolute atomic E-state index is 0.312. The molecule has 2 aliphatic rings. The largest absolute Gasteiger partial charge is 0.370 e. The highest BCUT2D eigenvalue weighted by atomic mass is 19.1. The van der Waals surface area contributed by atoms with Crippen LogP contribution in [0.2, 0.25) is 0 Å². The molecule has 2 saturated heterocycles. The monoisotopic (exact) mass is 485 g/mol. The van der Waals surface area contributed by atoms with Crippen molar-refractivity contribution in [1.29, 1.82) is 0 Å². The molecule has 5 heterocycles. The van der Waals surface area contributed by atoms with Gasteiger partial charge in [0, 0.05) is 62.5 Å². The van der Waals surface area contributed by atoms with Gasteiger partial charge in [-0.15, -0.1) is 0 Å². The lowest BCUT2D eigenvalue weighted by Gasteiger charge is -2.42. The Bertz CT molecular complexity index is 1370. The summed E-state index contributed by atoms with van der Waals surface area (Å²) in [6, 6.07) is 12.3. The Hall–Kier alpha value is -3.36. The first-order valence-electron chi connectivity index (χ1n) is 12.8. The second kappa shape index (κ2) is 9.59. The number of pyridine rings is 2. The van der Waals surface area contributed by atoms with Crippen molar-refractivity contribution in [2.45, 2.75) is 25.8 Å². The number of aryl methyl sites for hydroxylation is 1. The number of likely N-dealkylation sites (N-methyl/N-ethyl adjacent to an activating group) is 1. The first-order chi connectivity index (χ1) is 17.5. The van der Waals surface area contributed by atoms with E-state index in [0.29, 0.717) is 23.1 Å². The van der Waals surface area contributed by atoms with E-state index in [-0.39, 0.29) is 5.82 Å². The molecule has 2 aliphatic heterocycles. The molecular formula is C28H32FN7. The molecule has 0 bridgehead atoms. The third-order valence-corrected chi connectivity index (χ3v) is 7.77. The van der Waals surface area contributed by atoms with E-state index in [4.69, 9.17) is 4.98 Å². The first kappa shape index (κ1) is 23.1. The molecule has 0 spiro atoms. The molecule has 0 radical (unpaired) electrons. The number of hydrogen-bond donors (Lipinski definition) is 1. The zero-order valence-electron chi connectivity index (χ0n) is 20.9. The zero-order valence-corrected chi connectivity index (χ0v) is 20.9. The second-order valence-electron chi connectivity index (χ2n) is 10.1. The number of hydrogen-bond acceptors (Lipinski definition) is 6. The van der Waals surface area contributed by atoms with Crippen LogP contribution in [0, 0.1) is 12.7 Å². The van der Waals surface area contributed by atoms with Crippen molar-refractivity contribution >= 4 is 16.6 Å². The Morgan fingerprint density at radius 1 is 0.972 bits per heavy atom. The van der Waals surface area contributed by atoms with Gasteiger partial charge in [0.15, 0.2) is 0 Å².